The number of para-hydroxylation sites is 2. The summed E-state index contributed by atoms with van der Waals surface area (Å²) in [5, 5.41) is 12.4. The number of thiophene rings is 1. The van der Waals surface area contributed by atoms with E-state index in [1.807, 2.05) is 70.9 Å². The second kappa shape index (κ2) is 8.22. The Balaban J connectivity index is 1.30. The molecular weight excluding hydrogens is 396 g/mol. The molecule has 2 aromatic carbocycles. The molecule has 154 valence electrons. The van der Waals surface area contributed by atoms with Crippen LogP contribution in [0.3, 0.4) is 0 Å². The Morgan fingerprint density at radius 1 is 0.967 bits per heavy atom. The molecule has 1 N–H and O–H groups in total. The summed E-state index contributed by atoms with van der Waals surface area (Å²) < 4.78 is 6.04. The fourth-order valence-electron chi connectivity index (χ4n) is 4.32. The molecule has 0 bridgehead atoms. The number of aliphatic hydroxyl groups is 1. The van der Waals surface area contributed by atoms with Crippen molar-refractivity contribution in [3.63, 3.8) is 0 Å². The van der Waals surface area contributed by atoms with E-state index in [-0.39, 0.29) is 11.8 Å². The van der Waals surface area contributed by atoms with E-state index in [1.165, 1.54) is 0 Å². The fourth-order valence-corrected chi connectivity index (χ4v) is 5.03. The number of hydrogen-bond acceptors (Lipinski definition) is 5. The Bertz CT molecular complexity index is 983. The van der Waals surface area contributed by atoms with Crippen LogP contribution in [0.25, 0.3) is 0 Å². The molecule has 3 aromatic rings. The summed E-state index contributed by atoms with van der Waals surface area (Å²) in [6, 6.07) is 19.5. The third kappa shape index (κ3) is 3.62. The number of amides is 1. The van der Waals surface area contributed by atoms with Crippen LogP contribution in [0.15, 0.2) is 66.0 Å². The molecule has 1 saturated heterocycles. The average Bonchev–Trinajstić information content (AvgIpc) is 3.33. The molecule has 1 atom stereocenters. The Kier molecular flexibility index (Phi) is 5.29. The number of fused-ring (bicyclic) bond motifs is 2. The highest BCUT2D eigenvalue weighted by Gasteiger charge is 2.36. The number of ether oxygens (including phenoxy) is 1. The summed E-state index contributed by atoms with van der Waals surface area (Å²) in [6.07, 6.45) is -0.471. The van der Waals surface area contributed by atoms with Gasteiger partial charge in [-0.25, -0.2) is 0 Å². The first-order chi connectivity index (χ1) is 14.7. The summed E-state index contributed by atoms with van der Waals surface area (Å²) in [5.41, 5.74) is 1.86. The normalized spacial score (nSPS) is 17.7. The zero-order valence-corrected chi connectivity index (χ0v) is 17.4. The molecule has 1 amide bonds. The van der Waals surface area contributed by atoms with Crippen LogP contribution in [0.1, 0.15) is 28.0 Å². The average molecular weight is 421 g/mol. The van der Waals surface area contributed by atoms with E-state index in [9.17, 15) is 9.90 Å². The van der Waals surface area contributed by atoms with Gasteiger partial charge in [-0.2, -0.15) is 0 Å². The molecule has 1 fully saturated rings. The number of carbonyl (C=O) groups excluding carboxylic acids is 1. The number of nitrogens with zero attached hydrogens (tertiary/aromatic N) is 2. The molecule has 3 heterocycles. The van der Waals surface area contributed by atoms with Crippen molar-refractivity contribution in [2.24, 2.45) is 0 Å². The second-order valence-corrected chi connectivity index (χ2v) is 8.75. The standard InChI is InChI=1S/C24H24N2O3S/c27-19(22-10-5-15-30-22)16-25-11-13-26(14-12-25)24(28)23-17-6-1-3-8-20(17)29-21-9-4-2-7-18(21)23/h1-10,15,19,23,27H,11-14,16H2/t19-/m0/s1. The predicted molar refractivity (Wildman–Crippen MR) is 117 cm³/mol. The highest BCUT2D eigenvalue weighted by atomic mass is 32.1. The molecule has 0 radical (unpaired) electrons. The molecule has 0 spiro atoms. The molecule has 0 aliphatic carbocycles. The van der Waals surface area contributed by atoms with Gasteiger partial charge in [0.05, 0.1) is 5.92 Å². The van der Waals surface area contributed by atoms with Crippen LogP contribution in [-0.2, 0) is 4.79 Å². The SMILES string of the molecule is O=C(C1c2ccccc2Oc2ccccc21)N1CCN(C[C@H](O)c2cccs2)CC1. The molecule has 0 unspecified atom stereocenters. The third-order valence-corrected chi connectivity index (χ3v) is 6.89. The molecule has 5 rings (SSSR count). The lowest BCUT2D eigenvalue weighted by atomic mass is 9.86. The highest BCUT2D eigenvalue weighted by Crippen LogP contribution is 2.44. The molecular formula is C24H24N2O3S. The number of aliphatic hydroxyl groups excluding tert-OH is 1. The summed E-state index contributed by atoms with van der Waals surface area (Å²) in [7, 11) is 0. The Labute approximate surface area is 180 Å². The summed E-state index contributed by atoms with van der Waals surface area (Å²) in [6.45, 7) is 3.46. The Morgan fingerprint density at radius 2 is 1.60 bits per heavy atom. The summed E-state index contributed by atoms with van der Waals surface area (Å²) >= 11 is 1.58. The number of hydrogen-bond donors (Lipinski definition) is 1. The molecule has 6 heteroatoms. The smallest absolute Gasteiger partial charge is 0.234 e. The van der Waals surface area contributed by atoms with E-state index in [0.29, 0.717) is 19.6 Å². The fraction of sp³-hybridized carbons (Fsp3) is 0.292. The minimum Gasteiger partial charge on any atom is -0.457 e. The zero-order valence-electron chi connectivity index (χ0n) is 16.6. The second-order valence-electron chi connectivity index (χ2n) is 7.77. The van der Waals surface area contributed by atoms with E-state index in [0.717, 1.165) is 40.6 Å². The molecule has 2 aliphatic rings. The van der Waals surface area contributed by atoms with E-state index < -0.39 is 6.10 Å². The minimum absolute atomic E-state index is 0.122. The van der Waals surface area contributed by atoms with Crippen LogP contribution < -0.4 is 4.74 Å². The van der Waals surface area contributed by atoms with Crippen LogP contribution in [-0.4, -0.2) is 53.5 Å². The molecule has 2 aliphatic heterocycles. The van der Waals surface area contributed by atoms with Crippen LogP contribution in [0.5, 0.6) is 11.5 Å². The maximum absolute atomic E-state index is 13.6. The van der Waals surface area contributed by atoms with Crippen LogP contribution >= 0.6 is 11.3 Å². The van der Waals surface area contributed by atoms with Crippen molar-refractivity contribution >= 4 is 17.2 Å². The van der Waals surface area contributed by atoms with Crippen molar-refractivity contribution in [1.82, 2.24) is 9.80 Å². The van der Waals surface area contributed by atoms with Gasteiger partial charge in [0, 0.05) is 48.7 Å². The van der Waals surface area contributed by atoms with Gasteiger partial charge in [0.25, 0.3) is 0 Å². The van der Waals surface area contributed by atoms with Crippen molar-refractivity contribution in [2.75, 3.05) is 32.7 Å². The first-order valence-electron chi connectivity index (χ1n) is 10.3. The van der Waals surface area contributed by atoms with Gasteiger partial charge in [-0.3, -0.25) is 9.69 Å². The van der Waals surface area contributed by atoms with Crippen molar-refractivity contribution < 1.29 is 14.6 Å². The quantitative estimate of drug-likeness (QED) is 0.696. The number of rotatable bonds is 4. The van der Waals surface area contributed by atoms with Gasteiger partial charge in [-0.15, -0.1) is 11.3 Å². The number of piperazine rings is 1. The van der Waals surface area contributed by atoms with E-state index in [2.05, 4.69) is 4.90 Å². The largest absolute Gasteiger partial charge is 0.457 e. The van der Waals surface area contributed by atoms with Crippen molar-refractivity contribution in [3.8, 4) is 11.5 Å². The van der Waals surface area contributed by atoms with Crippen molar-refractivity contribution in [2.45, 2.75) is 12.0 Å². The van der Waals surface area contributed by atoms with Gasteiger partial charge in [0.15, 0.2) is 0 Å². The Morgan fingerprint density at radius 3 is 2.20 bits per heavy atom. The van der Waals surface area contributed by atoms with Crippen LogP contribution in [0.4, 0.5) is 0 Å². The Hall–Kier alpha value is -2.67. The molecule has 5 nitrogen and oxygen atoms in total. The monoisotopic (exact) mass is 420 g/mol. The van der Waals surface area contributed by atoms with E-state index in [4.69, 9.17) is 4.74 Å². The van der Waals surface area contributed by atoms with Crippen molar-refractivity contribution in [1.29, 1.82) is 0 Å². The van der Waals surface area contributed by atoms with Gasteiger partial charge in [-0.1, -0.05) is 42.5 Å². The van der Waals surface area contributed by atoms with Gasteiger partial charge in [0.2, 0.25) is 5.91 Å². The minimum atomic E-state index is -0.471. The molecule has 1 aromatic heterocycles. The van der Waals surface area contributed by atoms with Crippen molar-refractivity contribution in [3.05, 3.63) is 82.0 Å². The lowest BCUT2D eigenvalue weighted by Gasteiger charge is -2.38. The first kappa shape index (κ1) is 19.3. The topological polar surface area (TPSA) is 53.0 Å². The van der Waals surface area contributed by atoms with E-state index >= 15 is 0 Å². The lowest BCUT2D eigenvalue weighted by Crippen LogP contribution is -2.51. The molecule has 30 heavy (non-hydrogen) atoms. The van der Waals surface area contributed by atoms with Gasteiger partial charge in [-0.05, 0) is 23.6 Å². The maximum atomic E-state index is 13.6. The number of benzene rings is 2. The summed E-state index contributed by atoms with van der Waals surface area (Å²) in [4.78, 5) is 18.8. The number of carbonyl (C=O) groups is 1. The summed E-state index contributed by atoms with van der Waals surface area (Å²) in [5.74, 6) is 1.30. The van der Waals surface area contributed by atoms with E-state index in [1.54, 1.807) is 11.3 Å². The van der Waals surface area contributed by atoms with Gasteiger partial charge < -0.3 is 14.7 Å². The first-order valence-corrected chi connectivity index (χ1v) is 11.2. The van der Waals surface area contributed by atoms with Gasteiger partial charge >= 0.3 is 0 Å². The third-order valence-electron chi connectivity index (χ3n) is 5.91. The number of β-amino-alcohol motifs (C(OH)–C–C–N with tert-alkyl or cyclic N) is 1. The van der Waals surface area contributed by atoms with Crippen LogP contribution in [0.2, 0.25) is 0 Å². The maximum Gasteiger partial charge on any atom is 0.234 e. The zero-order chi connectivity index (χ0) is 20.5. The highest BCUT2D eigenvalue weighted by molar-refractivity contribution is 7.10. The van der Waals surface area contributed by atoms with Crippen LogP contribution in [0, 0.1) is 0 Å². The molecule has 0 saturated carbocycles. The predicted octanol–water partition coefficient (Wildman–Crippen LogP) is 3.86. The van der Waals surface area contributed by atoms with Gasteiger partial charge in [0.1, 0.15) is 17.6 Å². The lowest BCUT2D eigenvalue weighted by molar-refractivity contribution is -0.133.